The number of aliphatic hydroxyl groups is 1. The zero-order valence-corrected chi connectivity index (χ0v) is 62.3. The molecule has 5 unspecified atom stereocenters. The molecule has 0 fully saturated rings. The summed E-state index contributed by atoms with van der Waals surface area (Å²) in [6.45, 7) is 4.63. The number of allylic oxidation sites excluding steroid dienone is 14. The van der Waals surface area contributed by atoms with E-state index in [4.69, 9.17) is 37.0 Å². The molecule has 19 heteroatoms. The Bertz CT molecular complexity index is 2160. The fourth-order valence-electron chi connectivity index (χ4n) is 10.2. The van der Waals surface area contributed by atoms with E-state index in [-0.39, 0.29) is 25.7 Å². The molecule has 0 saturated heterocycles. The van der Waals surface area contributed by atoms with Gasteiger partial charge in [-0.3, -0.25) is 37.3 Å². The maximum absolute atomic E-state index is 13.1. The quantitative estimate of drug-likeness (QED) is 0.0169. The van der Waals surface area contributed by atoms with Crippen LogP contribution in [0.3, 0.4) is 0 Å². The van der Waals surface area contributed by atoms with Gasteiger partial charge in [0, 0.05) is 25.7 Å². The molecule has 0 bridgehead atoms. The predicted molar refractivity (Wildman–Crippen MR) is 390 cm³/mol. The first-order valence-electron chi connectivity index (χ1n) is 37.8. The highest BCUT2D eigenvalue weighted by atomic mass is 31.2. The molecule has 0 radical (unpaired) electrons. The standard InChI is InChI=1S/C77H136O17P2/c1-5-9-13-17-21-25-29-31-33-34-35-36-38-40-44-46-50-54-58-62-75(80)88-68-73(94-77(82)64-60-56-52-48-42-28-24-20-16-12-8-4)70-92-96(85,86)90-66-71(78)65-89-95(83,84)91-69-72(93-76(81)63-59-55-51-47-41-27-23-19-15-11-7-3)67-87-74(79)61-57-53-49-45-43-39-37-32-30-26-22-18-14-10-6-2/h9-10,13-14,21-22,25-26,31-33,35-37,71-73,78H,5-8,11-12,15-20,23-24,27-30,34,38-70H2,1-4H3,(H,83,84)(H,85,86)/b13-9-,14-10-,25-21-,26-22-,33-31-,36-35-,37-32-. The Hall–Kier alpha value is -3.76. The number of hydrogen-bond donors (Lipinski definition) is 3. The summed E-state index contributed by atoms with van der Waals surface area (Å²) < 4.78 is 68.4. The smallest absolute Gasteiger partial charge is 0.462 e. The number of carbonyl (C=O) groups is 4. The van der Waals surface area contributed by atoms with Crippen LogP contribution >= 0.6 is 15.6 Å². The van der Waals surface area contributed by atoms with Crippen LogP contribution in [-0.4, -0.2) is 96.7 Å². The highest BCUT2D eigenvalue weighted by molar-refractivity contribution is 7.47. The molecule has 0 heterocycles. The van der Waals surface area contributed by atoms with Crippen molar-refractivity contribution in [1.29, 1.82) is 0 Å². The van der Waals surface area contributed by atoms with Crippen LogP contribution in [0.4, 0.5) is 0 Å². The number of esters is 4. The number of rotatable bonds is 71. The van der Waals surface area contributed by atoms with Crippen LogP contribution < -0.4 is 0 Å². The van der Waals surface area contributed by atoms with E-state index >= 15 is 0 Å². The molecule has 96 heavy (non-hydrogen) atoms. The van der Waals surface area contributed by atoms with Crippen molar-refractivity contribution in [2.75, 3.05) is 39.6 Å². The SMILES string of the molecule is CC/C=C\C/C=C\C/C=C\C/C=C\CCCCCCCCC(=O)OCC(COP(=O)(O)OCC(O)COP(=O)(O)OCC(COC(=O)CCCCCCC/C=C\C/C=C\C/C=C\CC)OC(=O)CCCCCCCCCCCCC)OC(=O)CCCCCCCCCCCCC. The monoisotopic (exact) mass is 1390 g/mol. The van der Waals surface area contributed by atoms with Crippen LogP contribution in [0, 0.1) is 0 Å². The van der Waals surface area contributed by atoms with Crippen molar-refractivity contribution in [2.45, 2.75) is 341 Å². The average Bonchev–Trinajstić information content (AvgIpc) is 1.15. The van der Waals surface area contributed by atoms with Crippen molar-refractivity contribution >= 4 is 39.5 Å². The first-order chi connectivity index (χ1) is 46.7. The van der Waals surface area contributed by atoms with E-state index in [1.54, 1.807) is 0 Å². The molecule has 0 spiro atoms. The number of ether oxygens (including phenoxy) is 4. The number of aliphatic hydroxyl groups excluding tert-OH is 1. The lowest BCUT2D eigenvalue weighted by Gasteiger charge is -2.21. The van der Waals surface area contributed by atoms with Gasteiger partial charge < -0.3 is 33.8 Å². The van der Waals surface area contributed by atoms with Crippen molar-refractivity contribution in [1.82, 2.24) is 0 Å². The molecule has 5 atom stereocenters. The molecule has 556 valence electrons. The maximum Gasteiger partial charge on any atom is 0.472 e. The van der Waals surface area contributed by atoms with Crippen LogP contribution in [0.5, 0.6) is 0 Å². The molecular weight excluding hydrogens is 1260 g/mol. The average molecular weight is 1400 g/mol. The summed E-state index contributed by atoms with van der Waals surface area (Å²) in [6.07, 6.45) is 70.1. The van der Waals surface area contributed by atoms with E-state index in [0.29, 0.717) is 25.7 Å². The van der Waals surface area contributed by atoms with E-state index in [2.05, 4.69) is 113 Å². The number of phosphoric ester groups is 2. The molecule has 0 aliphatic carbocycles. The summed E-state index contributed by atoms with van der Waals surface area (Å²) in [4.78, 5) is 72.7. The van der Waals surface area contributed by atoms with Crippen LogP contribution in [-0.2, 0) is 65.4 Å². The molecule has 0 amide bonds. The first-order valence-corrected chi connectivity index (χ1v) is 40.8. The zero-order chi connectivity index (χ0) is 70.4. The van der Waals surface area contributed by atoms with Crippen molar-refractivity contribution in [3.8, 4) is 0 Å². The lowest BCUT2D eigenvalue weighted by Crippen LogP contribution is -2.30. The Morgan fingerprint density at radius 1 is 0.302 bits per heavy atom. The third-order valence-electron chi connectivity index (χ3n) is 15.9. The second-order valence-electron chi connectivity index (χ2n) is 25.2. The van der Waals surface area contributed by atoms with Gasteiger partial charge in [-0.15, -0.1) is 0 Å². The summed E-state index contributed by atoms with van der Waals surface area (Å²) in [5.74, 6) is -2.19. The Morgan fingerprint density at radius 3 is 0.833 bits per heavy atom. The van der Waals surface area contributed by atoms with E-state index < -0.39 is 97.5 Å². The third kappa shape index (κ3) is 68.8. The Balaban J connectivity index is 5.28. The van der Waals surface area contributed by atoms with Gasteiger partial charge in [0.2, 0.25) is 0 Å². The molecule has 0 aliphatic heterocycles. The normalized spacial score (nSPS) is 14.4. The minimum atomic E-state index is -4.97. The zero-order valence-electron chi connectivity index (χ0n) is 60.5. The van der Waals surface area contributed by atoms with Crippen LogP contribution in [0.25, 0.3) is 0 Å². The molecule has 0 aromatic heterocycles. The summed E-state index contributed by atoms with van der Waals surface area (Å²) in [5, 5.41) is 10.6. The number of carbonyl (C=O) groups excluding carboxylic acids is 4. The number of phosphoric acid groups is 2. The minimum absolute atomic E-state index is 0.0950. The van der Waals surface area contributed by atoms with Crippen molar-refractivity contribution < 1.29 is 80.2 Å². The van der Waals surface area contributed by atoms with Gasteiger partial charge in [-0.05, 0) is 96.3 Å². The van der Waals surface area contributed by atoms with Crippen molar-refractivity contribution in [3.63, 3.8) is 0 Å². The van der Waals surface area contributed by atoms with Crippen molar-refractivity contribution in [2.24, 2.45) is 0 Å². The van der Waals surface area contributed by atoms with E-state index in [9.17, 15) is 43.2 Å². The molecule has 0 rings (SSSR count). The molecule has 0 aliphatic rings. The third-order valence-corrected chi connectivity index (χ3v) is 17.8. The second kappa shape index (κ2) is 69.7. The van der Waals surface area contributed by atoms with E-state index in [1.165, 1.54) is 77.0 Å². The highest BCUT2D eigenvalue weighted by Gasteiger charge is 2.30. The topological polar surface area (TPSA) is 237 Å². The van der Waals surface area contributed by atoms with Gasteiger partial charge in [0.05, 0.1) is 26.4 Å². The van der Waals surface area contributed by atoms with Gasteiger partial charge >= 0.3 is 39.5 Å². The predicted octanol–water partition coefficient (Wildman–Crippen LogP) is 21.4. The lowest BCUT2D eigenvalue weighted by atomic mass is 10.1. The molecular formula is C77H136O17P2. The molecule has 0 aromatic rings. The maximum atomic E-state index is 13.1. The lowest BCUT2D eigenvalue weighted by molar-refractivity contribution is -0.161. The van der Waals surface area contributed by atoms with Gasteiger partial charge in [0.1, 0.15) is 19.3 Å². The Morgan fingerprint density at radius 2 is 0.542 bits per heavy atom. The highest BCUT2D eigenvalue weighted by Crippen LogP contribution is 2.45. The molecule has 0 saturated carbocycles. The second-order valence-corrected chi connectivity index (χ2v) is 28.1. The number of hydrogen-bond acceptors (Lipinski definition) is 15. The summed E-state index contributed by atoms with van der Waals surface area (Å²) in [7, 11) is -9.94. The summed E-state index contributed by atoms with van der Waals surface area (Å²) >= 11 is 0. The first kappa shape index (κ1) is 92.2. The van der Waals surface area contributed by atoms with Crippen LogP contribution in [0.1, 0.15) is 323 Å². The van der Waals surface area contributed by atoms with Gasteiger partial charge in [-0.1, -0.05) is 286 Å². The molecule has 3 N–H and O–H groups in total. The Kier molecular flexibility index (Phi) is 67.0. The fraction of sp³-hybridized carbons (Fsp3) is 0.766. The fourth-order valence-corrected chi connectivity index (χ4v) is 11.7. The van der Waals surface area contributed by atoms with Crippen LogP contribution in [0.15, 0.2) is 85.1 Å². The van der Waals surface area contributed by atoms with Gasteiger partial charge in [-0.25, -0.2) is 9.13 Å². The number of unbranched alkanes of at least 4 members (excludes halogenated alkanes) is 31. The summed E-state index contributed by atoms with van der Waals surface area (Å²) in [5.41, 5.74) is 0. The summed E-state index contributed by atoms with van der Waals surface area (Å²) in [6, 6.07) is 0. The molecule has 17 nitrogen and oxygen atoms in total. The largest absolute Gasteiger partial charge is 0.472 e. The van der Waals surface area contributed by atoms with Gasteiger partial charge in [-0.2, -0.15) is 0 Å². The van der Waals surface area contributed by atoms with E-state index in [0.717, 1.165) is 167 Å². The van der Waals surface area contributed by atoms with Crippen LogP contribution in [0.2, 0.25) is 0 Å². The van der Waals surface area contributed by atoms with Gasteiger partial charge in [0.25, 0.3) is 0 Å². The minimum Gasteiger partial charge on any atom is -0.462 e. The van der Waals surface area contributed by atoms with E-state index in [1.807, 2.05) is 0 Å². The Labute approximate surface area is 583 Å². The van der Waals surface area contributed by atoms with Gasteiger partial charge in [0.15, 0.2) is 12.2 Å². The van der Waals surface area contributed by atoms with Crippen molar-refractivity contribution in [3.05, 3.63) is 85.1 Å². The molecule has 0 aromatic carbocycles.